The van der Waals surface area contributed by atoms with Crippen LogP contribution in [0.1, 0.15) is 12.8 Å². The second-order valence-electron chi connectivity index (χ2n) is 3.06. The minimum atomic E-state index is 0.00629. The monoisotopic (exact) mass is 153 g/mol. The second kappa shape index (κ2) is 4.38. The minimum absolute atomic E-state index is 0.00629. The fourth-order valence-electron chi connectivity index (χ4n) is 1.34. The van der Waals surface area contributed by atoms with Crippen LogP contribution in [0.25, 0.3) is 0 Å². The summed E-state index contributed by atoms with van der Waals surface area (Å²) in [6, 6.07) is 0. The highest BCUT2D eigenvalue weighted by atomic mass is 16.2. The summed E-state index contributed by atoms with van der Waals surface area (Å²) in [5, 5.41) is 8.46. The Bertz CT molecular complexity index is 160. The molecule has 2 heteroatoms. The van der Waals surface area contributed by atoms with Crippen molar-refractivity contribution in [1.82, 2.24) is 4.90 Å². The lowest BCUT2D eigenvalue weighted by atomic mass is 9.98. The van der Waals surface area contributed by atoms with Crippen molar-refractivity contribution < 1.29 is 5.11 Å². The molecule has 0 aromatic carbocycles. The van der Waals surface area contributed by atoms with E-state index in [-0.39, 0.29) is 6.61 Å². The third-order valence-electron chi connectivity index (χ3n) is 2.10. The van der Waals surface area contributed by atoms with Crippen LogP contribution in [-0.2, 0) is 0 Å². The van der Waals surface area contributed by atoms with Gasteiger partial charge in [0.05, 0.1) is 0 Å². The quantitative estimate of drug-likeness (QED) is 0.507. The van der Waals surface area contributed by atoms with Gasteiger partial charge in [-0.15, -0.1) is 0 Å². The van der Waals surface area contributed by atoms with Gasteiger partial charge in [-0.05, 0) is 33.0 Å². The number of nitrogens with zero attached hydrogens (tertiary/aromatic N) is 1. The Kier molecular flexibility index (Phi) is 3.41. The molecule has 0 unspecified atom stereocenters. The van der Waals surface area contributed by atoms with Gasteiger partial charge in [-0.3, -0.25) is 0 Å². The van der Waals surface area contributed by atoms with E-state index in [4.69, 9.17) is 5.11 Å². The third-order valence-corrected chi connectivity index (χ3v) is 2.10. The fraction of sp³-hybridized carbons (Fsp3) is 0.778. The summed E-state index contributed by atoms with van der Waals surface area (Å²) in [6.45, 7) is 2.29. The summed E-state index contributed by atoms with van der Waals surface area (Å²) >= 11 is 0. The molecule has 0 saturated carbocycles. The van der Waals surface area contributed by atoms with Crippen LogP contribution in [0.2, 0.25) is 0 Å². The van der Waals surface area contributed by atoms with Gasteiger partial charge in [0.1, 0.15) is 6.61 Å². The van der Waals surface area contributed by atoms with Crippen LogP contribution in [0.5, 0.6) is 0 Å². The predicted octanol–water partition coefficient (Wildman–Crippen LogP) is 0.324. The van der Waals surface area contributed by atoms with Crippen molar-refractivity contribution in [3.63, 3.8) is 0 Å². The van der Waals surface area contributed by atoms with Crippen LogP contribution in [0.3, 0.4) is 0 Å². The summed E-state index contributed by atoms with van der Waals surface area (Å²) in [5.41, 5.74) is 0. The van der Waals surface area contributed by atoms with Crippen LogP contribution in [-0.4, -0.2) is 36.8 Å². The molecule has 0 aromatic heterocycles. The van der Waals surface area contributed by atoms with Crippen molar-refractivity contribution in [3.8, 4) is 11.8 Å². The summed E-state index contributed by atoms with van der Waals surface area (Å²) in [7, 11) is 2.13. The van der Waals surface area contributed by atoms with Crippen molar-refractivity contribution in [1.29, 1.82) is 0 Å². The van der Waals surface area contributed by atoms with E-state index in [9.17, 15) is 0 Å². The minimum Gasteiger partial charge on any atom is -0.384 e. The summed E-state index contributed by atoms with van der Waals surface area (Å²) in [5.74, 6) is 6.31. The molecule has 11 heavy (non-hydrogen) atoms. The van der Waals surface area contributed by atoms with E-state index in [0.29, 0.717) is 5.92 Å². The van der Waals surface area contributed by atoms with Gasteiger partial charge in [0, 0.05) is 5.92 Å². The van der Waals surface area contributed by atoms with Crippen molar-refractivity contribution in [2.75, 3.05) is 26.7 Å². The van der Waals surface area contributed by atoms with E-state index in [1.54, 1.807) is 0 Å². The molecular formula is C9H15NO. The lowest BCUT2D eigenvalue weighted by Gasteiger charge is -2.25. The molecule has 1 aliphatic rings. The lowest BCUT2D eigenvalue weighted by Crippen LogP contribution is -2.29. The topological polar surface area (TPSA) is 23.5 Å². The Balaban J connectivity index is 2.28. The van der Waals surface area contributed by atoms with Gasteiger partial charge >= 0.3 is 0 Å². The first-order chi connectivity index (χ1) is 5.33. The highest BCUT2D eigenvalue weighted by molar-refractivity contribution is 5.04. The van der Waals surface area contributed by atoms with Crippen molar-refractivity contribution in [2.45, 2.75) is 12.8 Å². The van der Waals surface area contributed by atoms with Gasteiger partial charge in [-0.1, -0.05) is 11.8 Å². The molecule has 2 nitrogen and oxygen atoms in total. The molecule has 1 heterocycles. The largest absolute Gasteiger partial charge is 0.384 e. The van der Waals surface area contributed by atoms with Gasteiger partial charge in [0.25, 0.3) is 0 Å². The average molecular weight is 153 g/mol. The smallest absolute Gasteiger partial charge is 0.104 e. The molecule has 1 rings (SSSR count). The summed E-state index contributed by atoms with van der Waals surface area (Å²) in [6.07, 6.45) is 2.31. The molecule has 0 aliphatic carbocycles. The SMILES string of the molecule is CN1CCC(C#CCO)CC1. The molecule has 1 aliphatic heterocycles. The standard InChI is InChI=1S/C9H15NO/c1-10-6-4-9(5-7-10)3-2-8-11/h9,11H,4-8H2,1H3. The Hall–Kier alpha value is -0.520. The second-order valence-corrected chi connectivity index (χ2v) is 3.06. The van der Waals surface area contributed by atoms with Crippen molar-refractivity contribution in [2.24, 2.45) is 5.92 Å². The predicted molar refractivity (Wildman–Crippen MR) is 45.1 cm³/mol. The zero-order valence-corrected chi connectivity index (χ0v) is 7.01. The van der Waals surface area contributed by atoms with Crippen LogP contribution < -0.4 is 0 Å². The molecule has 0 atom stereocenters. The molecule has 0 bridgehead atoms. The van der Waals surface area contributed by atoms with E-state index in [0.717, 1.165) is 25.9 Å². The zero-order valence-electron chi connectivity index (χ0n) is 7.01. The van der Waals surface area contributed by atoms with E-state index in [1.165, 1.54) is 0 Å². The van der Waals surface area contributed by atoms with Crippen molar-refractivity contribution >= 4 is 0 Å². The van der Waals surface area contributed by atoms with Gasteiger partial charge in [-0.2, -0.15) is 0 Å². The lowest BCUT2D eigenvalue weighted by molar-refractivity contribution is 0.248. The maximum atomic E-state index is 8.46. The highest BCUT2D eigenvalue weighted by Crippen LogP contribution is 2.14. The summed E-state index contributed by atoms with van der Waals surface area (Å²) < 4.78 is 0. The normalized spacial score (nSPS) is 20.9. The first-order valence-corrected chi connectivity index (χ1v) is 4.10. The molecular weight excluding hydrogens is 138 g/mol. The first kappa shape index (κ1) is 8.58. The molecule has 1 saturated heterocycles. The molecule has 0 amide bonds. The van der Waals surface area contributed by atoms with Crippen LogP contribution in [0.15, 0.2) is 0 Å². The molecule has 0 spiro atoms. The Morgan fingerprint density at radius 2 is 2.09 bits per heavy atom. The molecule has 0 radical (unpaired) electrons. The number of aliphatic hydroxyl groups is 1. The Labute approximate surface area is 68.2 Å². The van der Waals surface area contributed by atoms with Crippen molar-refractivity contribution in [3.05, 3.63) is 0 Å². The number of hydrogen-bond acceptors (Lipinski definition) is 2. The number of hydrogen-bond donors (Lipinski definition) is 1. The van der Waals surface area contributed by atoms with Crippen LogP contribution in [0, 0.1) is 17.8 Å². The zero-order chi connectivity index (χ0) is 8.10. The highest BCUT2D eigenvalue weighted by Gasteiger charge is 2.13. The number of likely N-dealkylation sites (tertiary alicyclic amines) is 1. The Morgan fingerprint density at radius 1 is 1.45 bits per heavy atom. The number of piperidine rings is 1. The maximum absolute atomic E-state index is 8.46. The number of rotatable bonds is 0. The molecule has 0 aromatic rings. The van der Waals surface area contributed by atoms with E-state index in [2.05, 4.69) is 23.8 Å². The van der Waals surface area contributed by atoms with E-state index in [1.807, 2.05) is 0 Å². The molecule has 62 valence electrons. The summed E-state index contributed by atoms with van der Waals surface area (Å²) in [4.78, 5) is 2.32. The third kappa shape index (κ3) is 2.92. The van der Waals surface area contributed by atoms with Gasteiger partial charge in [0.2, 0.25) is 0 Å². The number of aliphatic hydroxyl groups excluding tert-OH is 1. The van der Waals surface area contributed by atoms with Crippen LogP contribution in [0.4, 0.5) is 0 Å². The van der Waals surface area contributed by atoms with E-state index < -0.39 is 0 Å². The maximum Gasteiger partial charge on any atom is 0.104 e. The van der Waals surface area contributed by atoms with Gasteiger partial charge in [0.15, 0.2) is 0 Å². The van der Waals surface area contributed by atoms with Crippen LogP contribution >= 0.6 is 0 Å². The first-order valence-electron chi connectivity index (χ1n) is 4.10. The van der Waals surface area contributed by atoms with E-state index >= 15 is 0 Å². The van der Waals surface area contributed by atoms with Gasteiger partial charge in [-0.25, -0.2) is 0 Å². The molecule has 1 N–H and O–H groups in total. The average Bonchev–Trinajstić information content (AvgIpc) is 2.04. The fourth-order valence-corrected chi connectivity index (χ4v) is 1.34. The van der Waals surface area contributed by atoms with Gasteiger partial charge < -0.3 is 10.0 Å². The Morgan fingerprint density at radius 3 is 2.64 bits per heavy atom. The molecule has 1 fully saturated rings.